The van der Waals surface area contributed by atoms with Crippen LogP contribution in [0.4, 0.5) is 0 Å². The number of carboxylic acids is 1. The molecular formula is C28H49N7O9S2. The van der Waals surface area contributed by atoms with Crippen LogP contribution in [0.15, 0.2) is 0 Å². The summed E-state index contributed by atoms with van der Waals surface area (Å²) in [6.45, 7) is 7.90. The van der Waals surface area contributed by atoms with Gasteiger partial charge in [-0.15, -0.1) is 0 Å². The van der Waals surface area contributed by atoms with E-state index in [1.54, 1.807) is 13.8 Å². The fraction of sp³-hybridized carbons (Fsp3) is 0.750. The van der Waals surface area contributed by atoms with Gasteiger partial charge in [-0.2, -0.15) is 25.3 Å². The Bertz CT molecular complexity index is 1110. The standard InChI is InChI=1S/C28H49N7O9S2/c1-13(2)9-17(31-23(38)16(29)11-45)27(42)35-8-6-7-20(35)25(40)34-21(14(3)4)26(41)30-15(5)22(37)32-18(10-36)24(39)33-19(12-46)28(43)44/h13-21,36,45-46H,6-12,29H2,1-5H3,(H,30,41)(H,31,38)(H,32,37)(H,33,39)(H,34,40)(H,43,44)/t15-,16-,17-,18-,19-,20-,21-/m0/s1. The molecule has 1 aliphatic rings. The van der Waals surface area contributed by atoms with Crippen molar-refractivity contribution in [2.75, 3.05) is 24.7 Å². The summed E-state index contributed by atoms with van der Waals surface area (Å²) in [6.07, 6.45) is 1.18. The van der Waals surface area contributed by atoms with Crippen LogP contribution in [0.25, 0.3) is 0 Å². The summed E-state index contributed by atoms with van der Waals surface area (Å²) in [5.41, 5.74) is 5.77. The molecule has 46 heavy (non-hydrogen) atoms. The third kappa shape index (κ3) is 12.3. The molecule has 1 aliphatic heterocycles. The number of aliphatic hydroxyl groups excluding tert-OH is 1. The van der Waals surface area contributed by atoms with Crippen molar-refractivity contribution in [2.24, 2.45) is 17.6 Å². The largest absolute Gasteiger partial charge is 0.480 e. The van der Waals surface area contributed by atoms with Gasteiger partial charge in [0.2, 0.25) is 35.4 Å². The predicted molar refractivity (Wildman–Crippen MR) is 175 cm³/mol. The molecule has 16 nitrogen and oxygen atoms in total. The van der Waals surface area contributed by atoms with E-state index in [2.05, 4.69) is 51.8 Å². The second-order valence-corrected chi connectivity index (χ2v) is 12.7. The lowest BCUT2D eigenvalue weighted by molar-refractivity contribution is -0.143. The van der Waals surface area contributed by atoms with Crippen LogP contribution in [-0.2, 0) is 33.6 Å². The van der Waals surface area contributed by atoms with Gasteiger partial charge in [0.05, 0.1) is 12.6 Å². The molecule has 0 saturated carbocycles. The van der Waals surface area contributed by atoms with Crippen molar-refractivity contribution in [1.29, 1.82) is 0 Å². The molecule has 0 aromatic rings. The normalized spacial score (nSPS) is 18.5. The summed E-state index contributed by atoms with van der Waals surface area (Å²) >= 11 is 7.88. The summed E-state index contributed by atoms with van der Waals surface area (Å²) in [5, 5.41) is 30.9. The molecule has 0 bridgehead atoms. The van der Waals surface area contributed by atoms with E-state index in [0.29, 0.717) is 19.3 Å². The van der Waals surface area contributed by atoms with Gasteiger partial charge in [-0.05, 0) is 38.0 Å². The van der Waals surface area contributed by atoms with Gasteiger partial charge in [-0.3, -0.25) is 28.8 Å². The smallest absolute Gasteiger partial charge is 0.327 e. The number of hydrogen-bond acceptors (Lipinski definition) is 11. The van der Waals surface area contributed by atoms with Gasteiger partial charge in [0.15, 0.2) is 0 Å². The van der Waals surface area contributed by atoms with Crippen LogP contribution < -0.4 is 32.3 Å². The molecule has 9 N–H and O–H groups in total. The molecule has 0 unspecified atom stereocenters. The molecule has 262 valence electrons. The van der Waals surface area contributed by atoms with Gasteiger partial charge < -0.3 is 47.4 Å². The predicted octanol–water partition coefficient (Wildman–Crippen LogP) is -2.61. The lowest BCUT2D eigenvalue weighted by Gasteiger charge is -2.31. The molecule has 0 aromatic carbocycles. The van der Waals surface area contributed by atoms with Gasteiger partial charge in [-0.1, -0.05) is 27.7 Å². The van der Waals surface area contributed by atoms with Crippen molar-refractivity contribution in [3.05, 3.63) is 0 Å². The van der Waals surface area contributed by atoms with Crippen molar-refractivity contribution in [2.45, 2.75) is 96.2 Å². The maximum atomic E-state index is 13.6. The zero-order valence-electron chi connectivity index (χ0n) is 26.8. The highest BCUT2D eigenvalue weighted by Gasteiger charge is 2.40. The third-order valence-corrected chi connectivity index (χ3v) is 8.06. The Morgan fingerprint density at radius 3 is 1.89 bits per heavy atom. The molecule has 1 rings (SSSR count). The first-order valence-electron chi connectivity index (χ1n) is 15.1. The molecule has 6 amide bonds. The Kier molecular flexibility index (Phi) is 17.4. The maximum absolute atomic E-state index is 13.6. The minimum atomic E-state index is -1.50. The number of likely N-dealkylation sites (tertiary alicyclic amines) is 1. The summed E-state index contributed by atoms with van der Waals surface area (Å²) in [7, 11) is 0. The molecule has 0 spiro atoms. The molecule has 7 atom stereocenters. The zero-order valence-corrected chi connectivity index (χ0v) is 28.6. The highest BCUT2D eigenvalue weighted by Crippen LogP contribution is 2.21. The number of aliphatic carboxylic acids is 1. The molecular weight excluding hydrogens is 642 g/mol. The number of hydrogen-bond donors (Lipinski definition) is 10. The number of carbonyl (C=O) groups excluding carboxylic acids is 6. The van der Waals surface area contributed by atoms with Crippen molar-refractivity contribution in [3.63, 3.8) is 0 Å². The van der Waals surface area contributed by atoms with Crippen molar-refractivity contribution < 1.29 is 43.8 Å². The summed E-state index contributed by atoms with van der Waals surface area (Å²) in [6, 6.07) is -7.90. The molecule has 1 heterocycles. The lowest BCUT2D eigenvalue weighted by atomic mass is 10.0. The molecule has 1 fully saturated rings. The van der Waals surface area contributed by atoms with Crippen molar-refractivity contribution in [3.8, 4) is 0 Å². The monoisotopic (exact) mass is 691 g/mol. The van der Waals surface area contributed by atoms with E-state index in [-0.39, 0.29) is 24.0 Å². The molecule has 0 radical (unpaired) electrons. The van der Waals surface area contributed by atoms with Gasteiger partial charge in [-0.25, -0.2) is 4.79 Å². The minimum Gasteiger partial charge on any atom is -0.480 e. The van der Waals surface area contributed by atoms with Crippen LogP contribution >= 0.6 is 25.3 Å². The summed E-state index contributed by atoms with van der Waals surface area (Å²) in [5.74, 6) is -5.95. The number of nitrogens with two attached hydrogens (primary N) is 1. The fourth-order valence-electron chi connectivity index (χ4n) is 4.66. The average molecular weight is 692 g/mol. The topological polar surface area (TPSA) is 249 Å². The Labute approximate surface area is 279 Å². The van der Waals surface area contributed by atoms with Crippen molar-refractivity contribution in [1.82, 2.24) is 31.5 Å². The fourth-order valence-corrected chi connectivity index (χ4v) is 5.07. The maximum Gasteiger partial charge on any atom is 0.327 e. The molecule has 18 heteroatoms. The number of aliphatic hydroxyl groups is 1. The van der Waals surface area contributed by atoms with Crippen LogP contribution in [0.2, 0.25) is 0 Å². The SMILES string of the molecule is CC(C)C[C@H](NC(=O)[C@@H](N)CS)C(=O)N1CCC[C@H]1C(=O)N[C@H](C(=O)N[C@@H](C)C(=O)N[C@@H](CO)C(=O)N[C@@H](CS)C(=O)O)C(C)C. The van der Waals surface area contributed by atoms with Crippen LogP contribution in [0, 0.1) is 11.8 Å². The highest BCUT2D eigenvalue weighted by molar-refractivity contribution is 7.80. The number of carboxylic acid groups (broad SMARTS) is 1. The number of nitrogens with one attached hydrogen (secondary N) is 5. The van der Waals surface area contributed by atoms with E-state index in [1.165, 1.54) is 11.8 Å². The number of rotatable bonds is 18. The van der Waals surface area contributed by atoms with Crippen LogP contribution in [0.3, 0.4) is 0 Å². The van der Waals surface area contributed by atoms with E-state index >= 15 is 0 Å². The molecule has 1 saturated heterocycles. The van der Waals surface area contributed by atoms with Gasteiger partial charge in [0.25, 0.3) is 0 Å². The Morgan fingerprint density at radius 2 is 1.39 bits per heavy atom. The second kappa shape index (κ2) is 19.5. The van der Waals surface area contributed by atoms with Gasteiger partial charge >= 0.3 is 5.97 Å². The van der Waals surface area contributed by atoms with E-state index in [9.17, 15) is 38.7 Å². The third-order valence-electron chi connectivity index (χ3n) is 7.31. The van der Waals surface area contributed by atoms with Crippen LogP contribution in [0.1, 0.15) is 53.9 Å². The number of thiol groups is 2. The minimum absolute atomic E-state index is 0.0429. The molecule has 0 aromatic heterocycles. The Morgan fingerprint density at radius 1 is 0.804 bits per heavy atom. The van der Waals surface area contributed by atoms with E-state index in [4.69, 9.17) is 10.8 Å². The Hall–Kier alpha value is -3.09. The molecule has 0 aliphatic carbocycles. The number of nitrogens with zero attached hydrogens (tertiary/aromatic N) is 1. The van der Waals surface area contributed by atoms with E-state index in [0.717, 1.165) is 0 Å². The lowest BCUT2D eigenvalue weighted by Crippen LogP contribution is -2.60. The van der Waals surface area contributed by atoms with Gasteiger partial charge in [0, 0.05) is 18.1 Å². The summed E-state index contributed by atoms with van der Waals surface area (Å²) < 4.78 is 0. The Balaban J connectivity index is 2.96. The highest BCUT2D eigenvalue weighted by atomic mass is 32.1. The van der Waals surface area contributed by atoms with E-state index in [1.807, 2.05) is 13.8 Å². The van der Waals surface area contributed by atoms with Gasteiger partial charge in [0.1, 0.15) is 36.3 Å². The average Bonchev–Trinajstić information content (AvgIpc) is 3.49. The second-order valence-electron chi connectivity index (χ2n) is 12.0. The van der Waals surface area contributed by atoms with Crippen LogP contribution in [0.5, 0.6) is 0 Å². The quantitative estimate of drug-likeness (QED) is 0.0671. The van der Waals surface area contributed by atoms with Crippen molar-refractivity contribution >= 4 is 66.7 Å². The van der Waals surface area contributed by atoms with E-state index < -0.39 is 96.2 Å². The first-order valence-corrected chi connectivity index (χ1v) is 16.4. The first-order chi connectivity index (χ1) is 21.5. The zero-order chi connectivity index (χ0) is 35.3. The summed E-state index contributed by atoms with van der Waals surface area (Å²) in [4.78, 5) is 90.3. The number of carbonyl (C=O) groups is 7. The van der Waals surface area contributed by atoms with Crippen LogP contribution in [-0.4, -0.2) is 123 Å². The number of amides is 6. The first kappa shape index (κ1) is 40.9.